The summed E-state index contributed by atoms with van der Waals surface area (Å²) < 4.78 is 12.7. The highest BCUT2D eigenvalue weighted by atomic mass is 16.5. The van der Waals surface area contributed by atoms with Crippen LogP contribution in [0.2, 0.25) is 0 Å². The van der Waals surface area contributed by atoms with Gasteiger partial charge in [0.2, 0.25) is 5.91 Å². The molecule has 2 aromatic carbocycles. The Bertz CT molecular complexity index is 1120. The van der Waals surface area contributed by atoms with E-state index in [2.05, 4.69) is 15.5 Å². The normalized spacial score (nSPS) is 12.1. The summed E-state index contributed by atoms with van der Waals surface area (Å²) >= 11 is 0. The van der Waals surface area contributed by atoms with Gasteiger partial charge in [-0.25, -0.2) is 4.98 Å². The van der Waals surface area contributed by atoms with Gasteiger partial charge in [-0.2, -0.15) is 0 Å². The highest BCUT2D eigenvalue weighted by Crippen LogP contribution is 2.29. The van der Waals surface area contributed by atoms with E-state index < -0.39 is 6.04 Å². The van der Waals surface area contributed by atoms with Gasteiger partial charge in [-0.1, -0.05) is 35.5 Å². The fourth-order valence-corrected chi connectivity index (χ4v) is 3.27. The van der Waals surface area contributed by atoms with E-state index in [-0.39, 0.29) is 12.3 Å². The molecule has 0 aliphatic carbocycles. The zero-order valence-electron chi connectivity index (χ0n) is 15.6. The van der Waals surface area contributed by atoms with Crippen molar-refractivity contribution in [3.05, 3.63) is 78.0 Å². The maximum atomic E-state index is 12.9. The van der Waals surface area contributed by atoms with Crippen molar-refractivity contribution in [2.75, 3.05) is 7.11 Å². The number of aryl methyl sites for hydroxylation is 1. The van der Waals surface area contributed by atoms with E-state index in [1.807, 2.05) is 66.3 Å². The Morgan fingerprint density at radius 1 is 1.21 bits per heavy atom. The molecule has 0 bridgehead atoms. The molecule has 1 N–H and O–H groups in total. The maximum Gasteiger partial charge on any atom is 0.227 e. The maximum absolute atomic E-state index is 12.9. The summed E-state index contributed by atoms with van der Waals surface area (Å²) in [7, 11) is 3.50. The van der Waals surface area contributed by atoms with Crippen molar-refractivity contribution < 1.29 is 14.1 Å². The zero-order valence-corrected chi connectivity index (χ0v) is 15.6. The number of imidazole rings is 1. The van der Waals surface area contributed by atoms with Crippen LogP contribution >= 0.6 is 0 Å². The van der Waals surface area contributed by atoms with E-state index >= 15 is 0 Å². The first-order chi connectivity index (χ1) is 13.7. The van der Waals surface area contributed by atoms with Crippen LogP contribution < -0.4 is 10.1 Å². The summed E-state index contributed by atoms with van der Waals surface area (Å²) in [6.07, 6.45) is 3.65. The monoisotopic (exact) mass is 376 g/mol. The van der Waals surface area contributed by atoms with E-state index in [4.69, 9.17) is 9.26 Å². The first-order valence-electron chi connectivity index (χ1n) is 8.90. The van der Waals surface area contributed by atoms with Crippen LogP contribution in [-0.4, -0.2) is 27.7 Å². The van der Waals surface area contributed by atoms with Crippen molar-refractivity contribution >= 4 is 16.9 Å². The second-order valence-electron chi connectivity index (χ2n) is 6.44. The van der Waals surface area contributed by atoms with Crippen molar-refractivity contribution in [3.63, 3.8) is 0 Å². The van der Waals surface area contributed by atoms with Gasteiger partial charge in [0.1, 0.15) is 23.3 Å². The molecule has 0 aliphatic rings. The van der Waals surface area contributed by atoms with Crippen LogP contribution in [-0.2, 0) is 18.3 Å². The van der Waals surface area contributed by atoms with Crippen LogP contribution in [0, 0.1) is 0 Å². The minimum absolute atomic E-state index is 0.104. The summed E-state index contributed by atoms with van der Waals surface area (Å²) in [6, 6.07) is 14.6. The molecule has 2 heterocycles. The van der Waals surface area contributed by atoms with E-state index in [0.717, 1.165) is 10.9 Å². The van der Waals surface area contributed by atoms with Crippen LogP contribution in [0.4, 0.5) is 0 Å². The summed E-state index contributed by atoms with van der Waals surface area (Å²) in [6.45, 7) is 0. The molecule has 7 heteroatoms. The Balaban J connectivity index is 1.64. The number of carbonyl (C=O) groups is 1. The average molecular weight is 376 g/mol. The molecule has 0 spiro atoms. The topological polar surface area (TPSA) is 82.2 Å². The Labute approximate surface area is 161 Å². The summed E-state index contributed by atoms with van der Waals surface area (Å²) in [5.74, 6) is 1.21. The van der Waals surface area contributed by atoms with Gasteiger partial charge in [-0.15, -0.1) is 0 Å². The lowest BCUT2D eigenvalue weighted by Gasteiger charge is -2.21. The third-order valence-corrected chi connectivity index (χ3v) is 4.65. The lowest BCUT2D eigenvalue weighted by atomic mass is 10.0. The third-order valence-electron chi connectivity index (χ3n) is 4.65. The molecule has 4 rings (SSSR count). The van der Waals surface area contributed by atoms with Crippen molar-refractivity contribution in [3.8, 4) is 5.75 Å². The first-order valence-corrected chi connectivity index (χ1v) is 8.90. The fraction of sp³-hybridized carbons (Fsp3) is 0.190. The smallest absolute Gasteiger partial charge is 0.227 e. The van der Waals surface area contributed by atoms with Crippen molar-refractivity contribution in [2.45, 2.75) is 12.5 Å². The van der Waals surface area contributed by atoms with E-state index in [1.54, 1.807) is 13.3 Å². The number of hydrogen-bond donors (Lipinski definition) is 1. The van der Waals surface area contributed by atoms with Gasteiger partial charge in [0.25, 0.3) is 0 Å². The van der Waals surface area contributed by atoms with E-state index in [9.17, 15) is 4.79 Å². The predicted octanol–water partition coefficient (Wildman–Crippen LogP) is 3.02. The van der Waals surface area contributed by atoms with Crippen molar-refractivity contribution in [1.82, 2.24) is 20.0 Å². The fourth-order valence-electron chi connectivity index (χ4n) is 3.27. The number of hydrogen-bond acceptors (Lipinski definition) is 5. The molecule has 7 nitrogen and oxygen atoms in total. The number of benzene rings is 2. The van der Waals surface area contributed by atoms with Crippen LogP contribution in [0.5, 0.6) is 5.75 Å². The minimum Gasteiger partial charge on any atom is -0.496 e. The second-order valence-corrected chi connectivity index (χ2v) is 6.44. The summed E-state index contributed by atoms with van der Waals surface area (Å²) in [5.41, 5.74) is 2.10. The number of para-hydroxylation sites is 2. The SMILES string of the molecule is COc1ccccc1C(NC(=O)Cc1noc2ccccc12)c1nccn1C. The average Bonchev–Trinajstić information content (AvgIpc) is 3.32. The standard InChI is InChI=1S/C21H20N4O3/c1-25-12-11-22-21(25)20(15-8-4-5-9-17(15)27-2)23-19(26)13-16-14-7-3-6-10-18(14)28-24-16/h3-12,20H,13H2,1-2H3,(H,23,26). The number of rotatable bonds is 6. The van der Waals surface area contributed by atoms with Crippen molar-refractivity contribution in [2.24, 2.45) is 7.05 Å². The number of aromatic nitrogens is 3. The molecule has 0 aliphatic heterocycles. The number of nitrogens with zero attached hydrogens (tertiary/aromatic N) is 3. The Morgan fingerprint density at radius 2 is 2.00 bits per heavy atom. The van der Waals surface area contributed by atoms with Crippen LogP contribution in [0.15, 0.2) is 65.4 Å². The number of carbonyl (C=O) groups excluding carboxylic acids is 1. The number of nitrogens with one attached hydrogen (secondary N) is 1. The molecule has 1 atom stereocenters. The van der Waals surface area contributed by atoms with Gasteiger partial charge >= 0.3 is 0 Å². The van der Waals surface area contributed by atoms with Gasteiger partial charge in [0.05, 0.1) is 13.5 Å². The predicted molar refractivity (Wildman–Crippen MR) is 104 cm³/mol. The van der Waals surface area contributed by atoms with Gasteiger partial charge in [0.15, 0.2) is 5.58 Å². The van der Waals surface area contributed by atoms with Crippen LogP contribution in [0.25, 0.3) is 11.0 Å². The second kappa shape index (κ2) is 7.56. The van der Waals surface area contributed by atoms with Crippen LogP contribution in [0.1, 0.15) is 23.1 Å². The number of ether oxygens (including phenoxy) is 1. The molecule has 0 radical (unpaired) electrons. The lowest BCUT2D eigenvalue weighted by Crippen LogP contribution is -2.32. The largest absolute Gasteiger partial charge is 0.496 e. The summed E-state index contributed by atoms with van der Waals surface area (Å²) in [4.78, 5) is 17.3. The zero-order chi connectivity index (χ0) is 19.5. The van der Waals surface area contributed by atoms with E-state index in [1.165, 1.54) is 0 Å². The Kier molecular flexibility index (Phi) is 4.80. The number of amides is 1. The highest BCUT2D eigenvalue weighted by Gasteiger charge is 2.24. The molecule has 28 heavy (non-hydrogen) atoms. The quantitative estimate of drug-likeness (QED) is 0.559. The van der Waals surface area contributed by atoms with Crippen molar-refractivity contribution in [1.29, 1.82) is 0 Å². The molecule has 0 saturated heterocycles. The summed E-state index contributed by atoms with van der Waals surface area (Å²) in [5, 5.41) is 7.95. The molecular weight excluding hydrogens is 356 g/mol. The third kappa shape index (κ3) is 3.34. The van der Waals surface area contributed by atoms with E-state index in [0.29, 0.717) is 22.9 Å². The van der Waals surface area contributed by atoms with Gasteiger partial charge in [-0.3, -0.25) is 4.79 Å². The van der Waals surface area contributed by atoms with Crippen LogP contribution in [0.3, 0.4) is 0 Å². The number of fused-ring (bicyclic) bond motifs is 1. The minimum atomic E-state index is -0.457. The molecule has 2 aromatic heterocycles. The van der Waals surface area contributed by atoms with Gasteiger partial charge < -0.3 is 19.1 Å². The first kappa shape index (κ1) is 17.8. The van der Waals surface area contributed by atoms with Gasteiger partial charge in [-0.05, 0) is 18.2 Å². The molecule has 142 valence electrons. The number of methoxy groups -OCH3 is 1. The molecule has 0 fully saturated rings. The molecular formula is C21H20N4O3. The molecule has 4 aromatic rings. The molecule has 1 unspecified atom stereocenters. The molecule has 0 saturated carbocycles. The molecule has 1 amide bonds. The Hall–Kier alpha value is -3.61. The van der Waals surface area contributed by atoms with Gasteiger partial charge in [0, 0.05) is 30.4 Å². The highest BCUT2D eigenvalue weighted by molar-refractivity contribution is 5.86. The Morgan fingerprint density at radius 3 is 2.79 bits per heavy atom. The lowest BCUT2D eigenvalue weighted by molar-refractivity contribution is -0.121.